The summed E-state index contributed by atoms with van der Waals surface area (Å²) in [6, 6.07) is 12.1. The number of Topliss-reactive ketones (excluding diaryl/α,β-unsaturated/α-hetero) is 1. The molecule has 0 spiro atoms. The van der Waals surface area contributed by atoms with Gasteiger partial charge in [-0.2, -0.15) is 0 Å². The summed E-state index contributed by atoms with van der Waals surface area (Å²) in [7, 11) is 3.54. The van der Waals surface area contributed by atoms with Crippen molar-refractivity contribution < 1.29 is 68.4 Å². The summed E-state index contributed by atoms with van der Waals surface area (Å²) < 4.78 is 35.6. The van der Waals surface area contributed by atoms with Crippen LogP contribution in [0.2, 0.25) is 0 Å². The van der Waals surface area contributed by atoms with Crippen LogP contribution in [-0.2, 0) is 33.3 Å². The number of terminal acetylenes is 4. The molecule has 0 radical (unpaired) electrons. The fourth-order valence-corrected chi connectivity index (χ4v) is 31.7. The molecule has 7 fully saturated rings. The minimum absolute atomic E-state index is 0. The monoisotopic (exact) mass is 1850 g/mol. The first-order valence-electron chi connectivity index (χ1n) is 51.0. The molecular weight excluding hydrogens is 1700 g/mol. The first kappa shape index (κ1) is 100. The Hall–Kier alpha value is -9.70. The van der Waals surface area contributed by atoms with Gasteiger partial charge in [0, 0.05) is 112 Å². The van der Waals surface area contributed by atoms with Crippen LogP contribution in [0, 0.1) is 191 Å². The van der Waals surface area contributed by atoms with Crippen molar-refractivity contribution in [3.8, 4) is 49.9 Å². The molecule has 0 amide bonds. The summed E-state index contributed by atoms with van der Waals surface area (Å²) in [5.41, 5.74) is 9.46. The molecular formula is C123H150O14. The van der Waals surface area contributed by atoms with Crippen LogP contribution in [0.1, 0.15) is 298 Å². The quantitative estimate of drug-likeness (QED) is 0.0808. The third kappa shape index (κ3) is 15.8. The van der Waals surface area contributed by atoms with Gasteiger partial charge in [0.2, 0.25) is 0 Å². The van der Waals surface area contributed by atoms with E-state index in [9.17, 15) is 39.6 Å². The third-order valence-corrected chi connectivity index (χ3v) is 40.8. The van der Waals surface area contributed by atoms with Crippen molar-refractivity contribution in [3.05, 3.63) is 243 Å². The van der Waals surface area contributed by atoms with E-state index in [1.54, 1.807) is 37.7 Å². The standard InChI is InChI=1S/C26H32O3.C26H30O3.C22H28O2.C21H24O2.C20H26O2.C5H6O.C2H2.CO.H2/c2*1-5-26(28)13-10-21-23-19(22-7-6-16(2)29-22)15-17-14-18(27)8-11-24(17,3)20(23)9-12-25(21,26)4;1-5-22(23)13-10-19-17-7-6-15-14-16(24-4)8-11-20(15,2)18(17)9-12-21(19,22)3;1-4-21(23)12-9-18-16-6-5-14-13-15(22)7-10-19(14,2)17(16)8-11-20(18,21)3;1-19-10-8-14(22-3)12-13(19)4-5-15-16-6-7-18(21)20(16,2)11-9-17(15)19;1-5-3-2-4-6-5;2*1-2;/h5-7,9,14,19,21,23,28H,1,8,10-13,15H2,2-4H3;1,6-7,9,14,19,21,23,28H,8,10-13,15H2,2-4H3;1,6,9,14,17,19,23H,7-8,10-13H2,2-4H3;1,5-6,8,13,16,18,23H,7,9-12H2,2-3H3;4,9,12,15-16H,5-8,10-11H2,1-3H3;2-4H,1H3;1-2H;;1H/t2*19-,21?,23?,24-,25-,26-;17?,19?,20-,21-,22-;16?,18?,19-,20-,21-;15?,16?,19-,20-;;;;/m00000..../s1. The first-order valence-corrected chi connectivity index (χ1v) is 51.0. The molecule has 0 aliphatic heterocycles. The van der Waals surface area contributed by atoms with Gasteiger partial charge in [0.15, 0.2) is 17.3 Å². The minimum atomic E-state index is -1.05. The van der Waals surface area contributed by atoms with Gasteiger partial charge in [0.05, 0.1) is 37.6 Å². The average molecular weight is 1850 g/mol. The van der Waals surface area contributed by atoms with Crippen LogP contribution in [-0.4, -0.2) is 80.2 Å². The molecule has 23 rings (SSSR count). The molecule has 20 aliphatic rings. The van der Waals surface area contributed by atoms with Gasteiger partial charge in [-0.15, -0.1) is 38.7 Å². The van der Waals surface area contributed by atoms with Crippen molar-refractivity contribution in [2.45, 2.75) is 310 Å². The number of furan rings is 3. The molecule has 26 atom stereocenters. The van der Waals surface area contributed by atoms with E-state index >= 15 is 0 Å². The predicted molar refractivity (Wildman–Crippen MR) is 538 cm³/mol. The van der Waals surface area contributed by atoms with Crippen LogP contribution in [0.15, 0.2) is 221 Å². The number of carbonyl (C=O) groups excluding carboxylic acids is 4. The number of aryl methyl sites for hydroxylation is 3. The Balaban J connectivity index is 0.000000128. The molecule has 14 nitrogen and oxygen atoms in total. The number of methoxy groups -OCH3 is 2. The second-order valence-corrected chi connectivity index (χ2v) is 46.5. The number of fused-ring (bicyclic) bond motifs is 25. The van der Waals surface area contributed by atoms with E-state index in [-0.39, 0.29) is 90.7 Å². The third-order valence-electron chi connectivity index (χ3n) is 40.8. The van der Waals surface area contributed by atoms with Gasteiger partial charge in [0.1, 0.15) is 51.4 Å². The zero-order valence-electron chi connectivity index (χ0n) is 84.1. The molecule has 14 heteroatoms. The zero-order valence-corrected chi connectivity index (χ0v) is 84.1. The van der Waals surface area contributed by atoms with Crippen LogP contribution in [0.5, 0.6) is 0 Å². The fraction of sp³-hybridized carbons (Fsp3) is 0.569. The van der Waals surface area contributed by atoms with Crippen molar-refractivity contribution in [2.24, 2.45) is 113 Å². The van der Waals surface area contributed by atoms with Gasteiger partial charge in [-0.05, 0) is 305 Å². The van der Waals surface area contributed by atoms with Crippen LogP contribution in [0.25, 0.3) is 0 Å². The van der Waals surface area contributed by atoms with Gasteiger partial charge in [0.25, 0.3) is 0 Å². The maximum atomic E-state index is 12.4. The second-order valence-electron chi connectivity index (χ2n) is 46.5. The van der Waals surface area contributed by atoms with Crippen molar-refractivity contribution in [1.82, 2.24) is 0 Å². The maximum absolute atomic E-state index is 12.4. The Morgan fingerprint density at radius 1 is 0.445 bits per heavy atom. The Morgan fingerprint density at radius 2 is 0.854 bits per heavy atom. The minimum Gasteiger partial charge on any atom is 0 e. The summed E-state index contributed by atoms with van der Waals surface area (Å²) in [6.45, 7) is 37.1. The normalized spacial score (nSPS) is 42.0. The topological polar surface area (TPSA) is 227 Å². The molecule has 726 valence electrons. The molecule has 3 aromatic heterocycles. The number of carbonyl (C=O) groups is 4. The summed E-state index contributed by atoms with van der Waals surface area (Å²) in [5, 5.41) is 44.6. The summed E-state index contributed by atoms with van der Waals surface area (Å²) in [4.78, 5) is 48.7. The maximum Gasteiger partial charge on any atom is 0 e. The Labute approximate surface area is 817 Å². The molecule has 10 unspecified atom stereocenters. The molecule has 7 saturated carbocycles. The summed E-state index contributed by atoms with van der Waals surface area (Å²) in [6.07, 6.45) is 85.8. The van der Waals surface area contributed by atoms with E-state index in [2.05, 4.69) is 192 Å². The molecule has 137 heavy (non-hydrogen) atoms. The van der Waals surface area contributed by atoms with E-state index in [1.165, 1.54) is 39.0 Å². The summed E-state index contributed by atoms with van der Waals surface area (Å²) in [5.74, 6) is 21.1. The zero-order chi connectivity index (χ0) is 98.8. The van der Waals surface area contributed by atoms with Crippen LogP contribution >= 0.6 is 0 Å². The average Bonchev–Trinajstić information content (AvgIpc) is 1.45. The predicted octanol–water partition coefficient (Wildman–Crippen LogP) is 25.3. The van der Waals surface area contributed by atoms with E-state index in [4.69, 9.17) is 46.6 Å². The fourth-order valence-electron chi connectivity index (χ4n) is 31.7. The number of hydrogen-bond acceptors (Lipinski definition) is 13. The van der Waals surface area contributed by atoms with Crippen LogP contribution < -0.4 is 0 Å². The van der Waals surface area contributed by atoms with E-state index in [0.717, 1.165) is 200 Å². The SMILES string of the molecule is C#C.C#C[C@]1(O)CCC2C3C(=CC[C@@]21C)[C@@]1(C)CCC(=O)C=C1C[C@H]3c1ccc(C)o1.C#C[C@]1(O)CCC2C3C=CC4=CC(=O)CC[C@]4(C)C3=CC[C@@]21C.C#C[C@]1(O)CCC2C3CC=C4C=C(OC)CC[C@]4(C)C3=CC[C@@]21C.C=C[C@]1(O)CCC2C3C(=CC[C@@]21C)[C@@]1(C)CCC(=O)C=C1C[C@H]3c1ccc(C)o1.COC1=CC2=CCC3C(=CC[C@]4(C)C(=O)CCC34)[C@@]2(C)CC1.Cc1ccco1.[C-]#[O+].[HH]. The molecule has 3 aromatic rings. The molecule has 20 aliphatic carbocycles. The largest absolute Gasteiger partial charge is 0 e. The van der Waals surface area contributed by atoms with Crippen LogP contribution in [0.4, 0.5) is 0 Å². The van der Waals surface area contributed by atoms with Crippen molar-refractivity contribution in [2.75, 3.05) is 14.2 Å². The Bertz CT molecular complexity index is 5940. The summed E-state index contributed by atoms with van der Waals surface area (Å²) >= 11 is 0. The van der Waals surface area contributed by atoms with Gasteiger partial charge >= 0.3 is 11.3 Å². The van der Waals surface area contributed by atoms with Crippen molar-refractivity contribution >= 4 is 23.1 Å². The number of ether oxygens (including phenoxy) is 2. The van der Waals surface area contributed by atoms with Gasteiger partial charge < -0.3 is 43.2 Å². The number of aliphatic hydroxyl groups is 4. The van der Waals surface area contributed by atoms with Crippen molar-refractivity contribution in [3.63, 3.8) is 0 Å². The van der Waals surface area contributed by atoms with Gasteiger partial charge in [-0.3, -0.25) is 19.2 Å². The van der Waals surface area contributed by atoms with E-state index in [1.807, 2.05) is 63.3 Å². The van der Waals surface area contributed by atoms with Crippen molar-refractivity contribution in [1.29, 1.82) is 0 Å². The molecule has 4 N–H and O–H groups in total. The number of allylic oxidation sites excluding steroid dienone is 26. The van der Waals surface area contributed by atoms with E-state index < -0.39 is 22.4 Å². The number of rotatable bonds is 5. The Kier molecular flexibility index (Phi) is 26.9. The first-order chi connectivity index (χ1) is 65.0. The smallest absolute Gasteiger partial charge is 0 e. The molecule has 0 saturated heterocycles. The number of ketones is 4. The van der Waals surface area contributed by atoms with E-state index in [0.29, 0.717) is 91.1 Å². The number of hydrogen-bond donors (Lipinski definition) is 4. The Morgan fingerprint density at radius 3 is 1.31 bits per heavy atom. The van der Waals surface area contributed by atoms with Gasteiger partial charge in [-0.25, -0.2) is 0 Å². The molecule has 0 aromatic carbocycles. The van der Waals surface area contributed by atoms with Crippen LogP contribution in [0.3, 0.4) is 0 Å². The molecule has 0 bridgehead atoms. The molecule has 3 heterocycles. The second kappa shape index (κ2) is 36.7. The van der Waals surface area contributed by atoms with Gasteiger partial charge in [-0.1, -0.05) is 187 Å².